The van der Waals surface area contributed by atoms with Crippen LogP contribution >= 0.6 is 11.6 Å². The molecule has 3 aromatic rings. The summed E-state index contributed by atoms with van der Waals surface area (Å²) in [6, 6.07) is 15.9. The lowest BCUT2D eigenvalue weighted by Gasteiger charge is -2.11. The number of amides is 2. The SMILES string of the molecule is O=C(NNC(=O)c1ccc(Cl)c(S(=O)(=O)NCc2ccccc2)c1)c1cccnc1. The van der Waals surface area contributed by atoms with Gasteiger partial charge in [0, 0.05) is 24.5 Å². The Hall–Kier alpha value is -3.27. The fraction of sp³-hybridized carbons (Fsp3) is 0.0500. The molecule has 0 atom stereocenters. The molecule has 0 aliphatic heterocycles. The second-order valence-corrected chi connectivity index (χ2v) is 8.25. The molecule has 154 valence electrons. The number of nitrogens with zero attached hydrogens (tertiary/aromatic N) is 1. The van der Waals surface area contributed by atoms with Gasteiger partial charge in [0.1, 0.15) is 4.90 Å². The molecule has 0 spiro atoms. The maximum Gasteiger partial charge on any atom is 0.271 e. The zero-order chi connectivity index (χ0) is 21.6. The Bertz CT molecular complexity index is 1160. The maximum absolute atomic E-state index is 12.6. The van der Waals surface area contributed by atoms with Gasteiger partial charge in [-0.15, -0.1) is 0 Å². The topological polar surface area (TPSA) is 117 Å². The van der Waals surface area contributed by atoms with Gasteiger partial charge >= 0.3 is 0 Å². The van der Waals surface area contributed by atoms with Crippen LogP contribution in [0.15, 0.2) is 78.0 Å². The Kier molecular flexibility index (Phi) is 6.78. The predicted octanol–water partition coefficient (Wildman–Crippen LogP) is 2.29. The van der Waals surface area contributed by atoms with Gasteiger partial charge in [-0.25, -0.2) is 13.1 Å². The summed E-state index contributed by atoms with van der Waals surface area (Å²) in [6.07, 6.45) is 2.85. The van der Waals surface area contributed by atoms with Crippen molar-refractivity contribution in [1.82, 2.24) is 20.6 Å². The van der Waals surface area contributed by atoms with E-state index in [4.69, 9.17) is 11.6 Å². The Morgan fingerprint density at radius 3 is 2.27 bits per heavy atom. The number of carbonyl (C=O) groups is 2. The molecule has 0 aliphatic rings. The summed E-state index contributed by atoms with van der Waals surface area (Å²) in [5.41, 5.74) is 5.49. The van der Waals surface area contributed by atoms with Crippen LogP contribution in [0.2, 0.25) is 5.02 Å². The van der Waals surface area contributed by atoms with Crippen LogP contribution in [0.3, 0.4) is 0 Å². The highest BCUT2D eigenvalue weighted by atomic mass is 35.5. The molecule has 0 radical (unpaired) electrons. The number of pyridine rings is 1. The number of hydrogen-bond donors (Lipinski definition) is 3. The standard InChI is InChI=1S/C20H17ClN4O4S/c21-17-9-8-15(19(26)24-25-20(27)16-7-4-10-22-13-16)11-18(17)30(28,29)23-12-14-5-2-1-3-6-14/h1-11,13,23H,12H2,(H,24,26)(H,25,27). The molecule has 30 heavy (non-hydrogen) atoms. The molecule has 0 saturated carbocycles. The van der Waals surface area contributed by atoms with Crippen molar-refractivity contribution in [2.45, 2.75) is 11.4 Å². The number of halogens is 1. The third kappa shape index (κ3) is 5.41. The average Bonchev–Trinajstić information content (AvgIpc) is 2.77. The zero-order valence-electron chi connectivity index (χ0n) is 15.5. The number of rotatable bonds is 6. The van der Waals surface area contributed by atoms with Crippen molar-refractivity contribution in [3.05, 3.63) is 94.8 Å². The lowest BCUT2D eigenvalue weighted by molar-refractivity contribution is 0.0846. The summed E-state index contributed by atoms with van der Waals surface area (Å²) in [5.74, 6) is -1.27. The number of sulfonamides is 1. The number of nitrogens with one attached hydrogen (secondary N) is 3. The van der Waals surface area contributed by atoms with Gasteiger partial charge in [0.15, 0.2) is 0 Å². The second-order valence-electron chi connectivity index (χ2n) is 6.11. The van der Waals surface area contributed by atoms with E-state index >= 15 is 0 Å². The van der Waals surface area contributed by atoms with E-state index in [1.807, 2.05) is 6.07 Å². The molecule has 1 aromatic heterocycles. The number of hydrogen-bond acceptors (Lipinski definition) is 5. The maximum atomic E-state index is 12.6. The minimum Gasteiger partial charge on any atom is -0.267 e. The van der Waals surface area contributed by atoms with E-state index in [1.54, 1.807) is 30.3 Å². The Morgan fingerprint density at radius 1 is 0.900 bits per heavy atom. The largest absolute Gasteiger partial charge is 0.271 e. The molecule has 1 heterocycles. The molecule has 3 rings (SSSR count). The Balaban J connectivity index is 1.70. The molecule has 2 amide bonds. The van der Waals surface area contributed by atoms with E-state index in [2.05, 4.69) is 20.6 Å². The third-order valence-electron chi connectivity index (χ3n) is 4.01. The number of aromatic nitrogens is 1. The molecule has 0 saturated heterocycles. The van der Waals surface area contributed by atoms with Crippen LogP contribution in [-0.4, -0.2) is 25.2 Å². The molecular formula is C20H17ClN4O4S. The predicted molar refractivity (Wildman–Crippen MR) is 111 cm³/mol. The van der Waals surface area contributed by atoms with Gasteiger partial charge in [0.25, 0.3) is 11.8 Å². The summed E-state index contributed by atoms with van der Waals surface area (Å²) in [6.45, 7) is 0.0666. The number of carbonyl (C=O) groups excluding carboxylic acids is 2. The van der Waals surface area contributed by atoms with E-state index < -0.39 is 21.8 Å². The fourth-order valence-electron chi connectivity index (χ4n) is 2.46. The highest BCUT2D eigenvalue weighted by Gasteiger charge is 2.20. The van der Waals surface area contributed by atoms with Crippen LogP contribution in [0.25, 0.3) is 0 Å². The van der Waals surface area contributed by atoms with Crippen molar-refractivity contribution in [2.75, 3.05) is 0 Å². The normalized spacial score (nSPS) is 11.0. The summed E-state index contributed by atoms with van der Waals surface area (Å²) < 4.78 is 27.7. The first-order chi connectivity index (χ1) is 14.4. The van der Waals surface area contributed by atoms with E-state index in [-0.39, 0.29) is 27.6 Å². The van der Waals surface area contributed by atoms with E-state index in [0.29, 0.717) is 0 Å². The van der Waals surface area contributed by atoms with Crippen LogP contribution in [-0.2, 0) is 16.6 Å². The average molecular weight is 445 g/mol. The van der Waals surface area contributed by atoms with Crippen molar-refractivity contribution in [3.8, 4) is 0 Å². The minimum absolute atomic E-state index is 0.00553. The first-order valence-corrected chi connectivity index (χ1v) is 10.6. The highest BCUT2D eigenvalue weighted by molar-refractivity contribution is 7.89. The Morgan fingerprint density at radius 2 is 1.60 bits per heavy atom. The second kappa shape index (κ2) is 9.49. The minimum atomic E-state index is -3.98. The smallest absolute Gasteiger partial charge is 0.267 e. The van der Waals surface area contributed by atoms with Crippen molar-refractivity contribution in [1.29, 1.82) is 0 Å². The molecule has 3 N–H and O–H groups in total. The van der Waals surface area contributed by atoms with Gasteiger partial charge in [-0.2, -0.15) is 0 Å². The van der Waals surface area contributed by atoms with E-state index in [0.717, 1.165) is 11.6 Å². The molecule has 10 heteroatoms. The first-order valence-electron chi connectivity index (χ1n) is 8.71. The molecule has 0 unspecified atom stereocenters. The van der Waals surface area contributed by atoms with Gasteiger partial charge in [0.2, 0.25) is 10.0 Å². The van der Waals surface area contributed by atoms with Crippen LogP contribution in [0.1, 0.15) is 26.3 Å². The van der Waals surface area contributed by atoms with Crippen LogP contribution in [0.5, 0.6) is 0 Å². The van der Waals surface area contributed by atoms with Gasteiger partial charge in [0.05, 0.1) is 10.6 Å². The summed E-state index contributed by atoms with van der Waals surface area (Å²) in [5, 5.41) is -0.0356. The molecular weight excluding hydrogens is 428 g/mol. The van der Waals surface area contributed by atoms with Crippen LogP contribution in [0, 0.1) is 0 Å². The molecule has 0 fully saturated rings. The fourth-order valence-corrected chi connectivity index (χ4v) is 4.00. The van der Waals surface area contributed by atoms with Crippen LogP contribution < -0.4 is 15.6 Å². The highest BCUT2D eigenvalue weighted by Crippen LogP contribution is 2.23. The first kappa shape index (κ1) is 21.4. The van der Waals surface area contributed by atoms with Crippen molar-refractivity contribution >= 4 is 33.4 Å². The quantitative estimate of drug-likeness (QED) is 0.504. The molecule has 0 aliphatic carbocycles. The third-order valence-corrected chi connectivity index (χ3v) is 5.89. The van der Waals surface area contributed by atoms with Gasteiger partial charge < -0.3 is 0 Å². The van der Waals surface area contributed by atoms with Gasteiger partial charge in [-0.3, -0.25) is 25.4 Å². The lowest BCUT2D eigenvalue weighted by Crippen LogP contribution is -2.41. The van der Waals surface area contributed by atoms with E-state index in [1.165, 1.54) is 30.6 Å². The monoisotopic (exact) mass is 444 g/mol. The van der Waals surface area contributed by atoms with Crippen LogP contribution in [0.4, 0.5) is 0 Å². The van der Waals surface area contributed by atoms with Crippen molar-refractivity contribution in [3.63, 3.8) is 0 Å². The lowest BCUT2D eigenvalue weighted by atomic mass is 10.2. The van der Waals surface area contributed by atoms with Crippen molar-refractivity contribution in [2.24, 2.45) is 0 Å². The number of hydrazine groups is 1. The molecule has 0 bridgehead atoms. The molecule has 2 aromatic carbocycles. The van der Waals surface area contributed by atoms with Gasteiger partial charge in [-0.1, -0.05) is 41.9 Å². The summed E-state index contributed by atoms with van der Waals surface area (Å²) in [7, 11) is -3.98. The van der Waals surface area contributed by atoms with E-state index in [9.17, 15) is 18.0 Å². The summed E-state index contributed by atoms with van der Waals surface area (Å²) >= 11 is 6.05. The molecule has 8 nitrogen and oxygen atoms in total. The Labute approximate surface area is 178 Å². The number of benzene rings is 2. The van der Waals surface area contributed by atoms with Crippen molar-refractivity contribution < 1.29 is 18.0 Å². The van der Waals surface area contributed by atoms with Gasteiger partial charge in [-0.05, 0) is 35.9 Å². The summed E-state index contributed by atoms with van der Waals surface area (Å²) in [4.78, 5) is 27.9. The zero-order valence-corrected chi connectivity index (χ0v) is 17.1.